The van der Waals surface area contributed by atoms with Crippen molar-refractivity contribution in [3.63, 3.8) is 0 Å². The van der Waals surface area contributed by atoms with Crippen LogP contribution in [0, 0.1) is 29.1 Å². The third-order valence-corrected chi connectivity index (χ3v) is 8.02. The van der Waals surface area contributed by atoms with Gasteiger partial charge in [-0.05, 0) is 58.4 Å². The van der Waals surface area contributed by atoms with Gasteiger partial charge in [0.05, 0.1) is 10.6 Å². The van der Waals surface area contributed by atoms with Gasteiger partial charge in [0.1, 0.15) is 11.4 Å². The third kappa shape index (κ3) is 7.00. The summed E-state index contributed by atoms with van der Waals surface area (Å²) in [7, 11) is 0. The Morgan fingerprint density at radius 3 is 2.36 bits per heavy atom. The maximum Gasteiger partial charge on any atom is 0.348 e. The molecule has 1 saturated heterocycles. The van der Waals surface area contributed by atoms with Gasteiger partial charge in [-0.25, -0.2) is 4.79 Å². The number of carbonyl (C=O) groups excluding carboxylic acids is 2. The Bertz CT molecular complexity index is 940. The summed E-state index contributed by atoms with van der Waals surface area (Å²) in [5, 5.41) is 9.89. The van der Waals surface area contributed by atoms with E-state index < -0.39 is 5.97 Å². The number of carboxylic acid groups (broad SMARTS) is 1. The fourth-order valence-corrected chi connectivity index (χ4v) is 5.86. The number of nitrogens with zero attached hydrogens (tertiary/aromatic N) is 2. The summed E-state index contributed by atoms with van der Waals surface area (Å²) in [5.41, 5.74) is 0.0680. The molecule has 3 rings (SSSR count). The number of hydrogen-bond donors (Lipinski definition) is 1. The van der Waals surface area contributed by atoms with Crippen molar-refractivity contribution in [1.82, 2.24) is 4.90 Å². The lowest BCUT2D eigenvalue weighted by Gasteiger charge is -2.33. The highest BCUT2D eigenvalue weighted by molar-refractivity contribution is 7.99. The van der Waals surface area contributed by atoms with Crippen LogP contribution >= 0.6 is 23.1 Å². The highest BCUT2D eigenvalue weighted by Gasteiger charge is 2.34. The summed E-state index contributed by atoms with van der Waals surface area (Å²) in [4.78, 5) is 42.7. The highest BCUT2D eigenvalue weighted by Crippen LogP contribution is 2.35. The number of carboxylic acids is 1. The topological polar surface area (TPSA) is 77.9 Å². The van der Waals surface area contributed by atoms with Crippen molar-refractivity contribution in [3.05, 3.63) is 15.8 Å². The average Bonchev–Trinajstić information content (AvgIpc) is 3.20. The smallest absolute Gasteiger partial charge is 0.348 e. The molecule has 180 valence electrons. The summed E-state index contributed by atoms with van der Waals surface area (Å²) >= 11 is 2.88. The zero-order valence-corrected chi connectivity index (χ0v) is 21.6. The lowest BCUT2D eigenvalue weighted by molar-refractivity contribution is -0.132. The van der Waals surface area contributed by atoms with Crippen LogP contribution in [0.25, 0.3) is 0 Å². The molecule has 2 aliphatic rings. The Hall–Kier alpha value is -1.98. The van der Waals surface area contributed by atoms with Gasteiger partial charge < -0.3 is 14.9 Å². The molecule has 2 fully saturated rings. The van der Waals surface area contributed by atoms with Crippen LogP contribution in [0.1, 0.15) is 67.9 Å². The molecule has 8 heteroatoms. The molecule has 0 bridgehead atoms. The minimum absolute atomic E-state index is 0.0627. The lowest BCUT2D eigenvalue weighted by Crippen LogP contribution is -2.48. The van der Waals surface area contributed by atoms with Gasteiger partial charge in [0, 0.05) is 35.9 Å². The van der Waals surface area contributed by atoms with E-state index in [0.717, 1.165) is 48.5 Å². The molecule has 0 spiro atoms. The van der Waals surface area contributed by atoms with Gasteiger partial charge in [-0.3, -0.25) is 9.59 Å². The molecule has 0 atom stereocenters. The zero-order chi connectivity index (χ0) is 24.2. The molecule has 0 unspecified atom stereocenters. The van der Waals surface area contributed by atoms with Gasteiger partial charge in [0.15, 0.2) is 0 Å². The average molecular weight is 491 g/mol. The quantitative estimate of drug-likeness (QED) is 0.612. The fourth-order valence-electron chi connectivity index (χ4n) is 4.10. The molecule has 2 amide bonds. The minimum Gasteiger partial charge on any atom is -0.477 e. The van der Waals surface area contributed by atoms with Crippen LogP contribution in [-0.4, -0.2) is 58.9 Å². The second-order valence-electron chi connectivity index (χ2n) is 10.0. The number of thioether (sulfide) groups is 1. The first-order valence-electron chi connectivity index (χ1n) is 11.6. The Morgan fingerprint density at radius 1 is 1.15 bits per heavy atom. The van der Waals surface area contributed by atoms with Crippen LogP contribution in [0.15, 0.2) is 6.07 Å². The number of thiophene rings is 1. The predicted octanol–water partition coefficient (Wildman–Crippen LogP) is 4.58. The van der Waals surface area contributed by atoms with Crippen molar-refractivity contribution in [2.24, 2.45) is 17.3 Å². The van der Waals surface area contributed by atoms with E-state index in [1.54, 1.807) is 11.0 Å². The Kier molecular flexibility index (Phi) is 8.52. The first-order chi connectivity index (χ1) is 15.5. The van der Waals surface area contributed by atoms with Crippen LogP contribution in [-0.2, 0) is 9.59 Å². The number of aromatic carboxylic acids is 1. The standard InChI is InChI=1S/C25H34N2O4S2/c1-17-5-7-18(8-6-17)23(29)27(16-21(28)26-11-13-32-14-12-26)20-15-19(9-10-25(2,3)4)33-22(20)24(30)31/h15,17-18H,5-8,11-14,16H2,1-4H3,(H,30,31). The largest absolute Gasteiger partial charge is 0.477 e. The van der Waals surface area contributed by atoms with Crippen LogP contribution < -0.4 is 4.90 Å². The van der Waals surface area contributed by atoms with Crippen molar-refractivity contribution in [1.29, 1.82) is 0 Å². The summed E-state index contributed by atoms with van der Waals surface area (Å²) in [6.45, 7) is 9.34. The molecule has 1 aliphatic heterocycles. The number of hydrogen-bond acceptors (Lipinski definition) is 5. The van der Waals surface area contributed by atoms with Crippen molar-refractivity contribution < 1.29 is 19.5 Å². The number of carbonyl (C=O) groups is 3. The number of amides is 2. The van der Waals surface area contributed by atoms with Crippen molar-refractivity contribution in [2.75, 3.05) is 36.0 Å². The van der Waals surface area contributed by atoms with E-state index in [1.165, 1.54) is 4.90 Å². The summed E-state index contributed by atoms with van der Waals surface area (Å²) in [6.07, 6.45) is 3.49. The molecular weight excluding hydrogens is 456 g/mol. The first-order valence-corrected chi connectivity index (χ1v) is 13.6. The van der Waals surface area contributed by atoms with Crippen molar-refractivity contribution in [2.45, 2.75) is 53.4 Å². The zero-order valence-electron chi connectivity index (χ0n) is 20.0. The van der Waals surface area contributed by atoms with Crippen molar-refractivity contribution in [3.8, 4) is 11.8 Å². The van der Waals surface area contributed by atoms with E-state index in [2.05, 4.69) is 18.8 Å². The Morgan fingerprint density at radius 2 is 1.79 bits per heavy atom. The van der Waals surface area contributed by atoms with Gasteiger partial charge >= 0.3 is 5.97 Å². The molecule has 2 heterocycles. The van der Waals surface area contributed by atoms with Gasteiger partial charge in [-0.2, -0.15) is 11.8 Å². The second-order valence-corrected chi connectivity index (χ2v) is 12.3. The molecule has 0 aromatic carbocycles. The normalized spacial score (nSPS) is 21.2. The van der Waals surface area contributed by atoms with E-state index >= 15 is 0 Å². The molecule has 1 aliphatic carbocycles. The van der Waals surface area contributed by atoms with Crippen LogP contribution in [0.2, 0.25) is 0 Å². The van der Waals surface area contributed by atoms with Crippen molar-refractivity contribution >= 4 is 46.6 Å². The third-order valence-electron chi connectivity index (χ3n) is 6.05. The molecule has 33 heavy (non-hydrogen) atoms. The monoisotopic (exact) mass is 490 g/mol. The Labute approximate surface area is 205 Å². The second kappa shape index (κ2) is 11.0. The molecule has 1 aromatic heterocycles. The number of rotatable bonds is 5. The SMILES string of the molecule is CC1CCC(C(=O)N(CC(=O)N2CCSCC2)c2cc(C#CC(C)(C)C)sc2C(=O)O)CC1. The summed E-state index contributed by atoms with van der Waals surface area (Å²) in [5.74, 6) is 6.99. The first kappa shape index (κ1) is 25.6. The fraction of sp³-hybridized carbons (Fsp3) is 0.640. The van der Waals surface area contributed by atoms with Crippen LogP contribution in [0.3, 0.4) is 0 Å². The number of anilines is 1. The molecule has 1 aromatic rings. The molecule has 1 saturated carbocycles. The highest BCUT2D eigenvalue weighted by atomic mass is 32.2. The molecule has 1 N–H and O–H groups in total. The van der Waals surface area contributed by atoms with E-state index in [1.807, 2.05) is 32.5 Å². The molecular formula is C25H34N2O4S2. The predicted molar refractivity (Wildman–Crippen MR) is 135 cm³/mol. The molecule has 0 radical (unpaired) electrons. The summed E-state index contributed by atoms with van der Waals surface area (Å²) < 4.78 is 0. The van der Waals surface area contributed by atoms with E-state index in [9.17, 15) is 19.5 Å². The van der Waals surface area contributed by atoms with E-state index in [0.29, 0.717) is 29.6 Å². The van der Waals surface area contributed by atoms with E-state index in [4.69, 9.17) is 0 Å². The van der Waals surface area contributed by atoms with E-state index in [-0.39, 0.29) is 34.6 Å². The maximum absolute atomic E-state index is 13.7. The lowest BCUT2D eigenvalue weighted by atomic mass is 9.82. The minimum atomic E-state index is -1.10. The van der Waals surface area contributed by atoms with Gasteiger partial charge in [0.25, 0.3) is 0 Å². The van der Waals surface area contributed by atoms with Gasteiger partial charge in [-0.1, -0.05) is 18.8 Å². The van der Waals surface area contributed by atoms with Gasteiger partial charge in [0.2, 0.25) is 11.8 Å². The summed E-state index contributed by atoms with van der Waals surface area (Å²) in [6, 6.07) is 1.68. The Balaban J connectivity index is 1.95. The molecule has 6 nitrogen and oxygen atoms in total. The van der Waals surface area contributed by atoms with Crippen LogP contribution in [0.4, 0.5) is 5.69 Å². The maximum atomic E-state index is 13.7. The van der Waals surface area contributed by atoms with Gasteiger partial charge in [-0.15, -0.1) is 11.3 Å². The van der Waals surface area contributed by atoms with Crippen LogP contribution in [0.5, 0.6) is 0 Å².